The van der Waals surface area contributed by atoms with Gasteiger partial charge in [-0.1, -0.05) is 30.3 Å². The van der Waals surface area contributed by atoms with Crippen LogP contribution in [-0.4, -0.2) is 79.3 Å². The summed E-state index contributed by atoms with van der Waals surface area (Å²) in [5, 5.41) is 8.63. The summed E-state index contributed by atoms with van der Waals surface area (Å²) in [4.78, 5) is 12.3. The van der Waals surface area contributed by atoms with E-state index in [9.17, 15) is 0 Å². The summed E-state index contributed by atoms with van der Waals surface area (Å²) < 4.78 is 0. The molecule has 1 aromatic heterocycles. The summed E-state index contributed by atoms with van der Waals surface area (Å²) in [7, 11) is 2.18. The zero-order chi connectivity index (χ0) is 26.3. The molecule has 6 nitrogen and oxygen atoms in total. The van der Waals surface area contributed by atoms with Gasteiger partial charge in [-0.05, 0) is 113 Å². The van der Waals surface area contributed by atoms with Crippen LogP contribution in [-0.2, 0) is 6.42 Å². The number of likely N-dealkylation sites (N-methyl/N-ethyl adjacent to an activating group) is 1. The van der Waals surface area contributed by atoms with E-state index in [0.717, 1.165) is 68.6 Å². The molecular weight excluding hydrogens is 488 g/mol. The molecule has 2 aromatic carbocycles. The zero-order valence-electron chi connectivity index (χ0n) is 23.0. The number of likely N-dealkylation sites (tertiary alicyclic amines) is 1. The molecule has 3 heterocycles. The fraction of sp³-hybridized carbons (Fsp3) is 0.484. The van der Waals surface area contributed by atoms with Crippen molar-refractivity contribution in [3.05, 3.63) is 65.7 Å². The topological polar surface area (TPSA) is 46.7 Å². The van der Waals surface area contributed by atoms with E-state index in [0.29, 0.717) is 5.11 Å². The van der Waals surface area contributed by atoms with Crippen LogP contribution in [0, 0.1) is 12.8 Å². The van der Waals surface area contributed by atoms with E-state index >= 15 is 0 Å². The number of aromatic nitrogens is 1. The maximum atomic E-state index is 5.59. The van der Waals surface area contributed by atoms with E-state index in [-0.39, 0.29) is 0 Å². The van der Waals surface area contributed by atoms with Crippen molar-refractivity contribution in [2.45, 2.75) is 32.6 Å². The standard InChI is InChI=1S/C31H42N6S/c1-24-21-30(37-19-17-35(2)18-20-37)34-29-10-9-27(23-28(24)29)33-31(38)32-13-6-14-36-15-11-26(12-16-36)22-25-7-4-3-5-8-25/h3-5,7-10,21,23,26H,6,11-20,22H2,1-2H3,(H2,32,33,38). The molecule has 0 unspecified atom stereocenters. The van der Waals surface area contributed by atoms with Crippen LogP contribution in [0.25, 0.3) is 10.9 Å². The molecular formula is C31H42N6S. The number of thiocarbonyl (C=S) groups is 1. The Morgan fingerprint density at radius 2 is 1.74 bits per heavy atom. The third kappa shape index (κ3) is 7.22. The summed E-state index contributed by atoms with van der Waals surface area (Å²) in [5.41, 5.74) is 4.77. The minimum absolute atomic E-state index is 0.686. The average Bonchev–Trinajstić information content (AvgIpc) is 2.93. The number of hydrogen-bond acceptors (Lipinski definition) is 5. The largest absolute Gasteiger partial charge is 0.362 e. The first-order valence-electron chi connectivity index (χ1n) is 14.2. The van der Waals surface area contributed by atoms with Crippen LogP contribution in [0.2, 0.25) is 0 Å². The lowest BCUT2D eigenvalue weighted by molar-refractivity contribution is 0.183. The van der Waals surface area contributed by atoms with Crippen LogP contribution in [0.1, 0.15) is 30.4 Å². The number of nitrogens with one attached hydrogen (secondary N) is 2. The summed E-state index contributed by atoms with van der Waals surface area (Å²) in [5.74, 6) is 1.91. The molecule has 0 amide bonds. The highest BCUT2D eigenvalue weighted by Crippen LogP contribution is 2.26. The molecule has 202 valence electrons. The lowest BCUT2D eigenvalue weighted by atomic mass is 9.90. The summed E-state index contributed by atoms with van der Waals surface area (Å²) in [6.45, 7) is 10.8. The van der Waals surface area contributed by atoms with Crippen molar-refractivity contribution in [1.82, 2.24) is 20.1 Å². The molecule has 0 spiro atoms. The number of piperazine rings is 1. The molecule has 0 radical (unpaired) electrons. The van der Waals surface area contributed by atoms with E-state index in [4.69, 9.17) is 17.2 Å². The first-order valence-corrected chi connectivity index (χ1v) is 14.6. The summed E-state index contributed by atoms with van der Waals surface area (Å²) in [6.07, 6.45) is 4.92. The van der Waals surface area contributed by atoms with Crippen LogP contribution in [0.5, 0.6) is 0 Å². The molecule has 3 aromatic rings. The first-order chi connectivity index (χ1) is 18.5. The highest BCUT2D eigenvalue weighted by Gasteiger charge is 2.19. The third-order valence-corrected chi connectivity index (χ3v) is 8.34. The van der Waals surface area contributed by atoms with Crippen molar-refractivity contribution >= 4 is 39.7 Å². The maximum absolute atomic E-state index is 5.59. The van der Waals surface area contributed by atoms with Crippen LogP contribution < -0.4 is 15.5 Å². The second-order valence-electron chi connectivity index (χ2n) is 11.0. The van der Waals surface area contributed by atoms with Crippen LogP contribution >= 0.6 is 12.2 Å². The number of rotatable bonds is 8. The molecule has 0 saturated carbocycles. The van der Waals surface area contributed by atoms with Gasteiger partial charge in [-0.25, -0.2) is 4.98 Å². The number of hydrogen-bond donors (Lipinski definition) is 2. The highest BCUT2D eigenvalue weighted by atomic mass is 32.1. The normalized spacial score (nSPS) is 17.6. The number of fused-ring (bicyclic) bond motifs is 1. The van der Waals surface area contributed by atoms with E-state index in [2.05, 4.69) is 93.9 Å². The Balaban J connectivity index is 1.04. The van der Waals surface area contributed by atoms with Crippen LogP contribution in [0.15, 0.2) is 54.6 Å². The van der Waals surface area contributed by atoms with Crippen molar-refractivity contribution in [2.24, 2.45) is 5.92 Å². The third-order valence-electron chi connectivity index (χ3n) is 8.10. The Labute approximate surface area is 233 Å². The Hall–Kier alpha value is -2.74. The van der Waals surface area contributed by atoms with Crippen molar-refractivity contribution in [3.8, 4) is 0 Å². The zero-order valence-corrected chi connectivity index (χ0v) is 23.8. The number of aryl methyl sites for hydroxylation is 1. The van der Waals surface area contributed by atoms with Gasteiger partial charge in [0, 0.05) is 43.8 Å². The lowest BCUT2D eigenvalue weighted by Crippen LogP contribution is -2.44. The van der Waals surface area contributed by atoms with E-state index in [1.165, 1.54) is 48.9 Å². The quantitative estimate of drug-likeness (QED) is 0.316. The summed E-state index contributed by atoms with van der Waals surface area (Å²) in [6, 6.07) is 19.5. The maximum Gasteiger partial charge on any atom is 0.170 e. The van der Waals surface area contributed by atoms with Gasteiger partial charge in [-0.2, -0.15) is 0 Å². The van der Waals surface area contributed by atoms with Gasteiger partial charge in [0.2, 0.25) is 0 Å². The lowest BCUT2D eigenvalue weighted by Gasteiger charge is -2.33. The molecule has 2 N–H and O–H groups in total. The average molecular weight is 531 g/mol. The van der Waals surface area contributed by atoms with Gasteiger partial charge in [0.25, 0.3) is 0 Å². The number of pyridine rings is 1. The fourth-order valence-corrected chi connectivity index (χ4v) is 5.91. The van der Waals surface area contributed by atoms with Crippen molar-refractivity contribution in [1.29, 1.82) is 0 Å². The predicted molar refractivity (Wildman–Crippen MR) is 164 cm³/mol. The van der Waals surface area contributed by atoms with Gasteiger partial charge in [-0.15, -0.1) is 0 Å². The minimum atomic E-state index is 0.686. The molecule has 2 aliphatic heterocycles. The second kappa shape index (κ2) is 12.9. The molecule has 2 saturated heterocycles. The van der Waals surface area contributed by atoms with Crippen LogP contribution in [0.3, 0.4) is 0 Å². The van der Waals surface area contributed by atoms with Gasteiger partial charge < -0.3 is 25.3 Å². The molecule has 7 heteroatoms. The molecule has 2 aliphatic rings. The highest BCUT2D eigenvalue weighted by molar-refractivity contribution is 7.80. The first kappa shape index (κ1) is 26.9. The van der Waals surface area contributed by atoms with Crippen LogP contribution in [0.4, 0.5) is 11.5 Å². The van der Waals surface area contributed by atoms with Gasteiger partial charge in [0.1, 0.15) is 5.82 Å². The van der Waals surface area contributed by atoms with Crippen molar-refractivity contribution in [2.75, 3.05) is 69.6 Å². The van der Waals surface area contributed by atoms with Gasteiger partial charge >= 0.3 is 0 Å². The van der Waals surface area contributed by atoms with Crippen molar-refractivity contribution < 1.29 is 0 Å². The minimum Gasteiger partial charge on any atom is -0.362 e. The molecule has 2 fully saturated rings. The molecule has 0 atom stereocenters. The van der Waals surface area contributed by atoms with Crippen molar-refractivity contribution in [3.63, 3.8) is 0 Å². The number of benzene rings is 2. The van der Waals surface area contributed by atoms with Gasteiger partial charge in [0.05, 0.1) is 5.52 Å². The fourth-order valence-electron chi connectivity index (χ4n) is 5.69. The molecule has 0 aliphatic carbocycles. The monoisotopic (exact) mass is 530 g/mol. The number of nitrogens with zero attached hydrogens (tertiary/aromatic N) is 4. The smallest absolute Gasteiger partial charge is 0.170 e. The summed E-state index contributed by atoms with van der Waals surface area (Å²) >= 11 is 5.59. The Morgan fingerprint density at radius 3 is 2.50 bits per heavy atom. The van der Waals surface area contributed by atoms with E-state index in [1.54, 1.807) is 0 Å². The Kier molecular flexibility index (Phi) is 9.10. The Bertz CT molecular complexity index is 1200. The molecule has 38 heavy (non-hydrogen) atoms. The van der Waals surface area contributed by atoms with Gasteiger partial charge in [-0.3, -0.25) is 0 Å². The molecule has 5 rings (SSSR count). The number of anilines is 2. The second-order valence-corrected chi connectivity index (χ2v) is 11.4. The van der Waals surface area contributed by atoms with E-state index < -0.39 is 0 Å². The predicted octanol–water partition coefficient (Wildman–Crippen LogP) is 4.93. The SMILES string of the molecule is Cc1cc(N2CCN(C)CC2)nc2ccc(NC(=S)NCCCN3CCC(Cc4ccccc4)CC3)cc12. The Morgan fingerprint density at radius 1 is 0.974 bits per heavy atom. The molecule has 0 bridgehead atoms. The van der Waals surface area contributed by atoms with E-state index in [1.807, 2.05) is 0 Å². The number of piperidine rings is 1. The van der Waals surface area contributed by atoms with Gasteiger partial charge in [0.15, 0.2) is 5.11 Å².